The molecule has 0 amide bonds. The second kappa shape index (κ2) is 6.01. The van der Waals surface area contributed by atoms with Crippen LogP contribution in [0.25, 0.3) is 0 Å². The molecule has 0 saturated heterocycles. The second-order valence-corrected chi connectivity index (χ2v) is 11.0. The molecular formula is C20H23NO3S2. The molecule has 5 rings (SSSR count). The summed E-state index contributed by atoms with van der Waals surface area (Å²) in [6.45, 7) is 1.96. The average molecular weight is 390 g/mol. The predicted octanol–water partition coefficient (Wildman–Crippen LogP) is 4.09. The molecule has 26 heavy (non-hydrogen) atoms. The number of aryl methyl sites for hydroxylation is 1. The Hall–Kier alpha value is -1.50. The topological polar surface area (TPSA) is 46.6 Å². The van der Waals surface area contributed by atoms with E-state index in [4.69, 9.17) is 4.74 Å². The van der Waals surface area contributed by atoms with E-state index in [1.165, 1.54) is 4.90 Å². The van der Waals surface area contributed by atoms with Gasteiger partial charge < -0.3 is 4.74 Å². The Bertz CT molecular complexity index is 901. The molecule has 0 heterocycles. The molecule has 3 aliphatic carbocycles. The van der Waals surface area contributed by atoms with E-state index in [9.17, 15) is 8.42 Å². The SMILES string of the molecule is COc1ccc(SC23CC(N(C)S(=O)(=O)c4ccc(C)cc4)(C2)C3)cc1. The lowest BCUT2D eigenvalue weighted by Gasteiger charge is -2.72. The van der Waals surface area contributed by atoms with Gasteiger partial charge >= 0.3 is 0 Å². The first-order valence-electron chi connectivity index (χ1n) is 8.68. The highest BCUT2D eigenvalue weighted by molar-refractivity contribution is 8.01. The van der Waals surface area contributed by atoms with Crippen LogP contribution in [0.15, 0.2) is 58.3 Å². The Balaban J connectivity index is 1.44. The molecule has 0 radical (unpaired) electrons. The molecule has 0 N–H and O–H groups in total. The zero-order chi connectivity index (χ0) is 18.6. The number of hydrogen-bond acceptors (Lipinski definition) is 4. The maximum atomic E-state index is 12.9. The van der Waals surface area contributed by atoms with Crippen LogP contribution in [0, 0.1) is 6.92 Å². The molecule has 0 spiro atoms. The molecule has 0 aliphatic heterocycles. The Morgan fingerprint density at radius 2 is 1.58 bits per heavy atom. The largest absolute Gasteiger partial charge is 0.497 e. The van der Waals surface area contributed by atoms with Crippen molar-refractivity contribution >= 4 is 21.8 Å². The first kappa shape index (κ1) is 17.9. The highest BCUT2D eigenvalue weighted by Crippen LogP contribution is 2.71. The third-order valence-electron chi connectivity index (χ3n) is 5.69. The smallest absolute Gasteiger partial charge is 0.243 e. The van der Waals surface area contributed by atoms with E-state index in [-0.39, 0.29) is 10.3 Å². The lowest BCUT2D eigenvalue weighted by molar-refractivity contribution is -0.0671. The highest BCUT2D eigenvalue weighted by atomic mass is 32.2. The molecule has 3 saturated carbocycles. The molecule has 6 heteroatoms. The van der Waals surface area contributed by atoms with E-state index in [2.05, 4.69) is 12.1 Å². The van der Waals surface area contributed by atoms with Gasteiger partial charge in [0.05, 0.1) is 12.0 Å². The van der Waals surface area contributed by atoms with Crippen molar-refractivity contribution in [1.82, 2.24) is 4.31 Å². The van der Waals surface area contributed by atoms with Crippen molar-refractivity contribution in [1.29, 1.82) is 0 Å². The Morgan fingerprint density at radius 1 is 1.00 bits per heavy atom. The van der Waals surface area contributed by atoms with Crippen molar-refractivity contribution in [3.63, 3.8) is 0 Å². The summed E-state index contributed by atoms with van der Waals surface area (Å²) in [6, 6.07) is 15.2. The van der Waals surface area contributed by atoms with Crippen LogP contribution < -0.4 is 4.74 Å². The third kappa shape index (κ3) is 2.75. The molecule has 0 atom stereocenters. The normalized spacial score (nSPS) is 26.9. The summed E-state index contributed by atoms with van der Waals surface area (Å²) < 4.78 is 32.9. The maximum Gasteiger partial charge on any atom is 0.243 e. The van der Waals surface area contributed by atoms with E-state index >= 15 is 0 Å². The van der Waals surface area contributed by atoms with Gasteiger partial charge in [0.1, 0.15) is 5.75 Å². The number of methoxy groups -OCH3 is 1. The van der Waals surface area contributed by atoms with Gasteiger partial charge in [-0.05, 0) is 62.6 Å². The van der Waals surface area contributed by atoms with E-state index in [0.717, 1.165) is 30.6 Å². The molecule has 3 fully saturated rings. The number of sulfonamides is 1. The second-order valence-electron chi connectivity index (χ2n) is 7.50. The number of rotatable bonds is 6. The van der Waals surface area contributed by atoms with Gasteiger partial charge in [-0.25, -0.2) is 8.42 Å². The number of thioether (sulfide) groups is 1. The van der Waals surface area contributed by atoms with Crippen LogP contribution >= 0.6 is 11.8 Å². The standard InChI is InChI=1S/C20H23NO3S2/c1-15-4-10-18(11-5-15)26(22,23)21(2)19-12-20(13-19,14-19)25-17-8-6-16(24-3)7-9-17/h4-11H,12-14H2,1-3H3. The fourth-order valence-electron chi connectivity index (χ4n) is 4.10. The average Bonchev–Trinajstić information content (AvgIpc) is 2.57. The first-order chi connectivity index (χ1) is 12.3. The number of hydrogen-bond donors (Lipinski definition) is 0. The molecule has 3 aliphatic rings. The lowest BCUT2D eigenvalue weighted by Crippen LogP contribution is -2.77. The molecule has 2 aromatic rings. The van der Waals surface area contributed by atoms with Crippen LogP contribution in [0.4, 0.5) is 0 Å². The fraction of sp³-hybridized carbons (Fsp3) is 0.400. The molecule has 2 bridgehead atoms. The van der Waals surface area contributed by atoms with Gasteiger partial charge in [0.25, 0.3) is 0 Å². The Morgan fingerprint density at radius 3 is 2.12 bits per heavy atom. The molecule has 4 nitrogen and oxygen atoms in total. The van der Waals surface area contributed by atoms with Gasteiger partial charge in [0.15, 0.2) is 0 Å². The molecule has 0 aromatic heterocycles. The monoisotopic (exact) mass is 389 g/mol. The lowest BCUT2D eigenvalue weighted by atomic mass is 9.49. The van der Waals surface area contributed by atoms with Crippen LogP contribution in [0.1, 0.15) is 24.8 Å². The Kier molecular flexibility index (Phi) is 4.13. The minimum atomic E-state index is -3.44. The van der Waals surface area contributed by atoms with Crippen molar-refractivity contribution in [3.8, 4) is 5.75 Å². The van der Waals surface area contributed by atoms with Crippen molar-refractivity contribution in [3.05, 3.63) is 54.1 Å². The summed E-state index contributed by atoms with van der Waals surface area (Å²) in [5.74, 6) is 0.854. The predicted molar refractivity (Wildman–Crippen MR) is 104 cm³/mol. The van der Waals surface area contributed by atoms with Gasteiger partial charge in [-0.15, -0.1) is 11.8 Å². The van der Waals surface area contributed by atoms with Crippen LogP contribution in [-0.4, -0.2) is 37.2 Å². The molecule has 2 aromatic carbocycles. The van der Waals surface area contributed by atoms with Gasteiger partial charge in [-0.1, -0.05) is 17.7 Å². The zero-order valence-electron chi connectivity index (χ0n) is 15.2. The summed E-state index contributed by atoms with van der Waals surface area (Å²) in [4.78, 5) is 1.59. The van der Waals surface area contributed by atoms with E-state index in [1.54, 1.807) is 30.6 Å². The Labute approximate surface area is 159 Å². The van der Waals surface area contributed by atoms with Crippen LogP contribution in [0.3, 0.4) is 0 Å². The molecule has 138 valence electrons. The van der Waals surface area contributed by atoms with Crippen LogP contribution in [-0.2, 0) is 10.0 Å². The van der Waals surface area contributed by atoms with Gasteiger partial charge in [-0.2, -0.15) is 4.31 Å². The minimum Gasteiger partial charge on any atom is -0.497 e. The quantitative estimate of drug-likeness (QED) is 0.746. The van der Waals surface area contributed by atoms with Gasteiger partial charge in [0, 0.05) is 22.2 Å². The number of benzene rings is 2. The zero-order valence-corrected chi connectivity index (χ0v) is 16.9. The van der Waals surface area contributed by atoms with Crippen molar-refractivity contribution in [2.45, 2.75) is 46.3 Å². The van der Waals surface area contributed by atoms with Crippen LogP contribution in [0.2, 0.25) is 0 Å². The number of nitrogens with zero attached hydrogens (tertiary/aromatic N) is 1. The van der Waals surface area contributed by atoms with E-state index in [1.807, 2.05) is 43.0 Å². The number of ether oxygens (including phenoxy) is 1. The summed E-state index contributed by atoms with van der Waals surface area (Å²) in [7, 11) is -0.0409. The van der Waals surface area contributed by atoms with Crippen molar-refractivity contribution in [2.75, 3.05) is 14.2 Å². The summed E-state index contributed by atoms with van der Waals surface area (Å²) in [6.07, 6.45) is 2.74. The van der Waals surface area contributed by atoms with E-state index < -0.39 is 10.0 Å². The van der Waals surface area contributed by atoms with Gasteiger partial charge in [0.2, 0.25) is 10.0 Å². The molecular weight excluding hydrogens is 366 g/mol. The van der Waals surface area contributed by atoms with Crippen LogP contribution in [0.5, 0.6) is 5.75 Å². The van der Waals surface area contributed by atoms with Crippen molar-refractivity contribution in [2.24, 2.45) is 0 Å². The summed E-state index contributed by atoms with van der Waals surface area (Å²) in [5, 5.41) is 0. The summed E-state index contributed by atoms with van der Waals surface area (Å²) >= 11 is 1.87. The fourth-order valence-corrected chi connectivity index (χ4v) is 7.40. The van der Waals surface area contributed by atoms with Crippen molar-refractivity contribution < 1.29 is 13.2 Å². The third-order valence-corrected chi connectivity index (χ3v) is 9.04. The van der Waals surface area contributed by atoms with E-state index in [0.29, 0.717) is 4.90 Å². The molecule has 0 unspecified atom stereocenters. The minimum absolute atomic E-state index is 0.186. The maximum absolute atomic E-state index is 12.9. The first-order valence-corrected chi connectivity index (χ1v) is 10.9. The summed E-state index contributed by atoms with van der Waals surface area (Å²) in [5.41, 5.74) is 0.857. The highest BCUT2D eigenvalue weighted by Gasteiger charge is 2.71. The van der Waals surface area contributed by atoms with Gasteiger partial charge in [-0.3, -0.25) is 0 Å².